The monoisotopic (exact) mass is 408 g/mol. The predicted octanol–water partition coefficient (Wildman–Crippen LogP) is 4.89. The fourth-order valence-electron chi connectivity index (χ4n) is 2.68. The smallest absolute Gasteiger partial charge is 0.257 e. The molecule has 6 heteroatoms. The zero-order valence-corrected chi connectivity index (χ0v) is 17.4. The Labute approximate surface area is 175 Å². The Kier molecular flexibility index (Phi) is 7.41. The number of hydrogen-bond acceptors (Lipinski definition) is 5. The highest BCUT2D eigenvalue weighted by Gasteiger charge is 2.08. The van der Waals surface area contributed by atoms with E-state index in [0.29, 0.717) is 24.7 Å². The van der Waals surface area contributed by atoms with Crippen LogP contribution in [0.2, 0.25) is 0 Å². The average Bonchev–Trinajstić information content (AvgIpc) is 3.22. The number of nitrogens with one attached hydrogen (secondary N) is 1. The Morgan fingerprint density at radius 2 is 1.90 bits per heavy atom. The summed E-state index contributed by atoms with van der Waals surface area (Å²) in [6.45, 7) is 4.84. The van der Waals surface area contributed by atoms with E-state index >= 15 is 0 Å². The molecule has 0 atom stereocenters. The van der Waals surface area contributed by atoms with E-state index in [0.717, 1.165) is 21.8 Å². The second-order valence-corrected chi connectivity index (χ2v) is 7.04. The zero-order valence-electron chi connectivity index (χ0n) is 16.6. The van der Waals surface area contributed by atoms with E-state index < -0.39 is 0 Å². The molecule has 0 saturated heterocycles. The molecule has 0 fully saturated rings. The summed E-state index contributed by atoms with van der Waals surface area (Å²) < 4.78 is 11.3. The zero-order chi connectivity index (χ0) is 20.5. The van der Waals surface area contributed by atoms with Crippen LogP contribution in [0.4, 0.5) is 0 Å². The van der Waals surface area contributed by atoms with Crippen molar-refractivity contribution < 1.29 is 14.3 Å². The highest BCUT2D eigenvalue weighted by atomic mass is 32.1. The molecule has 0 aliphatic heterocycles. The normalized spacial score (nSPS) is 10.8. The number of carbonyl (C=O) groups excluding carboxylic acids is 1. The van der Waals surface area contributed by atoms with Crippen LogP contribution in [-0.4, -0.2) is 30.6 Å². The molecule has 1 amide bonds. The van der Waals surface area contributed by atoms with Crippen molar-refractivity contribution in [3.05, 3.63) is 64.5 Å². The van der Waals surface area contributed by atoms with Crippen molar-refractivity contribution in [1.82, 2.24) is 10.3 Å². The lowest BCUT2D eigenvalue weighted by atomic mass is 10.2. The van der Waals surface area contributed by atoms with Gasteiger partial charge < -0.3 is 14.8 Å². The molecule has 0 spiro atoms. The number of nitrogens with zero attached hydrogens (tertiary/aromatic N) is 1. The third-order valence-corrected chi connectivity index (χ3v) is 4.82. The van der Waals surface area contributed by atoms with Crippen molar-refractivity contribution in [2.24, 2.45) is 0 Å². The summed E-state index contributed by atoms with van der Waals surface area (Å²) in [4.78, 5) is 16.3. The molecule has 0 radical (unpaired) electrons. The molecule has 150 valence electrons. The number of benzene rings is 2. The van der Waals surface area contributed by atoms with E-state index in [2.05, 4.69) is 27.8 Å². The molecule has 0 aliphatic rings. The van der Waals surface area contributed by atoms with E-state index in [1.807, 2.05) is 62.4 Å². The lowest BCUT2D eigenvalue weighted by molar-refractivity contribution is -0.123. The minimum absolute atomic E-state index is 0.0372. The van der Waals surface area contributed by atoms with E-state index in [1.165, 1.54) is 0 Å². The van der Waals surface area contributed by atoms with Gasteiger partial charge in [0.05, 0.1) is 12.3 Å². The van der Waals surface area contributed by atoms with Crippen LogP contribution < -0.4 is 14.8 Å². The molecule has 3 aromatic rings. The van der Waals surface area contributed by atoms with E-state index in [9.17, 15) is 4.79 Å². The molecule has 29 heavy (non-hydrogen) atoms. The molecular weight excluding hydrogens is 384 g/mol. The summed E-state index contributed by atoms with van der Waals surface area (Å²) in [7, 11) is 0. The number of hydrogen-bond donors (Lipinski definition) is 1. The quantitative estimate of drug-likeness (QED) is 0.547. The van der Waals surface area contributed by atoms with Gasteiger partial charge in [0.25, 0.3) is 5.91 Å². The number of rotatable bonds is 9. The highest BCUT2D eigenvalue weighted by molar-refractivity contribution is 7.10. The van der Waals surface area contributed by atoms with Gasteiger partial charge in [-0.2, -0.15) is 0 Å². The number of thiazole rings is 1. The van der Waals surface area contributed by atoms with Gasteiger partial charge in [-0.05, 0) is 37.6 Å². The molecule has 2 aromatic carbocycles. The Bertz CT molecular complexity index is 967. The summed E-state index contributed by atoms with van der Waals surface area (Å²) in [5, 5.41) is 5.69. The Hall–Kier alpha value is -3.12. The lowest BCUT2D eigenvalue weighted by Gasteiger charge is -2.12. The van der Waals surface area contributed by atoms with Crippen molar-refractivity contribution >= 4 is 29.4 Å². The van der Waals surface area contributed by atoms with Crippen molar-refractivity contribution in [3.8, 4) is 22.8 Å². The third-order valence-electron chi connectivity index (χ3n) is 4.01. The Morgan fingerprint density at radius 1 is 1.07 bits per heavy atom. The summed E-state index contributed by atoms with van der Waals surface area (Å²) in [6, 6.07) is 15.8. The average molecular weight is 409 g/mol. The molecule has 1 aromatic heterocycles. The summed E-state index contributed by atoms with van der Waals surface area (Å²) in [6.07, 6.45) is 3.97. The molecule has 0 unspecified atom stereocenters. The van der Waals surface area contributed by atoms with Crippen molar-refractivity contribution in [2.45, 2.75) is 13.8 Å². The number of aromatic nitrogens is 1. The van der Waals surface area contributed by atoms with Crippen LogP contribution in [0.25, 0.3) is 23.4 Å². The molecule has 0 saturated carbocycles. The first-order chi connectivity index (χ1) is 14.2. The fraction of sp³-hybridized carbons (Fsp3) is 0.217. The second kappa shape index (κ2) is 10.4. The van der Waals surface area contributed by atoms with Crippen LogP contribution in [-0.2, 0) is 4.79 Å². The van der Waals surface area contributed by atoms with E-state index in [4.69, 9.17) is 9.47 Å². The molecule has 5 nitrogen and oxygen atoms in total. The van der Waals surface area contributed by atoms with Crippen LogP contribution in [0.15, 0.2) is 53.9 Å². The molecule has 0 aliphatic carbocycles. The van der Waals surface area contributed by atoms with Crippen LogP contribution in [0.5, 0.6) is 11.5 Å². The van der Waals surface area contributed by atoms with Crippen LogP contribution >= 0.6 is 11.3 Å². The fourth-order valence-corrected chi connectivity index (χ4v) is 3.40. The van der Waals surface area contributed by atoms with Gasteiger partial charge in [-0.1, -0.05) is 42.5 Å². The maximum atomic E-state index is 11.6. The first kappa shape index (κ1) is 20.6. The Morgan fingerprint density at radius 3 is 2.66 bits per heavy atom. The maximum Gasteiger partial charge on any atom is 0.257 e. The van der Waals surface area contributed by atoms with Gasteiger partial charge >= 0.3 is 0 Å². The number of carbonyl (C=O) groups is 1. The third kappa shape index (κ3) is 5.93. The van der Waals surface area contributed by atoms with Gasteiger partial charge in [-0.3, -0.25) is 4.79 Å². The largest absolute Gasteiger partial charge is 0.490 e. The SMILES string of the molecule is CCNC(=O)COc1ccc(/C=C/c2nc(-c3ccccc3)cs2)cc1OCC. The van der Waals surface area contributed by atoms with Crippen LogP contribution in [0, 0.1) is 0 Å². The minimum Gasteiger partial charge on any atom is -0.490 e. The van der Waals surface area contributed by atoms with Gasteiger partial charge in [-0.25, -0.2) is 4.98 Å². The van der Waals surface area contributed by atoms with E-state index in [1.54, 1.807) is 11.3 Å². The van der Waals surface area contributed by atoms with Gasteiger partial charge in [0.2, 0.25) is 0 Å². The summed E-state index contributed by atoms with van der Waals surface area (Å²) >= 11 is 1.60. The van der Waals surface area contributed by atoms with Gasteiger partial charge in [0, 0.05) is 17.5 Å². The van der Waals surface area contributed by atoms with Gasteiger partial charge in [-0.15, -0.1) is 11.3 Å². The Balaban J connectivity index is 1.71. The molecule has 1 heterocycles. The number of likely N-dealkylation sites (N-methyl/N-ethyl adjacent to an activating group) is 1. The number of amides is 1. The summed E-state index contributed by atoms with van der Waals surface area (Å²) in [5.74, 6) is 1.01. The van der Waals surface area contributed by atoms with Crippen LogP contribution in [0.3, 0.4) is 0 Å². The molecule has 3 rings (SSSR count). The standard InChI is InChI=1S/C23H24N2O3S/c1-3-24-22(26)15-28-20-12-10-17(14-21(20)27-4-2)11-13-23-25-19(16-29-23)18-8-6-5-7-9-18/h5-14,16H,3-4,15H2,1-2H3,(H,24,26)/b13-11+. The van der Waals surface area contributed by atoms with Crippen molar-refractivity contribution in [1.29, 1.82) is 0 Å². The van der Waals surface area contributed by atoms with Gasteiger partial charge in [0.1, 0.15) is 5.01 Å². The van der Waals surface area contributed by atoms with E-state index in [-0.39, 0.29) is 12.5 Å². The topological polar surface area (TPSA) is 60.5 Å². The first-order valence-corrected chi connectivity index (χ1v) is 10.4. The molecule has 1 N–H and O–H groups in total. The highest BCUT2D eigenvalue weighted by Crippen LogP contribution is 2.30. The lowest BCUT2D eigenvalue weighted by Crippen LogP contribution is -2.28. The predicted molar refractivity (Wildman–Crippen MR) is 118 cm³/mol. The molecule has 0 bridgehead atoms. The molecular formula is C23H24N2O3S. The maximum absolute atomic E-state index is 11.6. The number of ether oxygens (including phenoxy) is 2. The van der Waals surface area contributed by atoms with Crippen molar-refractivity contribution in [3.63, 3.8) is 0 Å². The minimum atomic E-state index is -0.156. The first-order valence-electron chi connectivity index (χ1n) is 9.55. The van der Waals surface area contributed by atoms with Crippen LogP contribution in [0.1, 0.15) is 24.4 Å². The summed E-state index contributed by atoms with van der Waals surface area (Å²) in [5.41, 5.74) is 3.05. The van der Waals surface area contributed by atoms with Crippen molar-refractivity contribution in [2.75, 3.05) is 19.8 Å². The van der Waals surface area contributed by atoms with Gasteiger partial charge in [0.15, 0.2) is 18.1 Å². The second-order valence-electron chi connectivity index (χ2n) is 6.15.